The van der Waals surface area contributed by atoms with Crippen molar-refractivity contribution in [2.45, 2.75) is 13.0 Å². The van der Waals surface area contributed by atoms with E-state index in [9.17, 15) is 14.0 Å². The van der Waals surface area contributed by atoms with Crippen LogP contribution in [-0.2, 0) is 9.53 Å². The number of benzene rings is 3. The number of nitrogens with zero attached hydrogens (tertiary/aromatic N) is 2. The first kappa shape index (κ1) is 27.4. The molecule has 0 amide bonds. The number of halogens is 2. The third-order valence-corrected chi connectivity index (χ3v) is 7.58. The number of esters is 1. The first-order valence-electron chi connectivity index (χ1n) is 12.3. The Kier molecular flexibility index (Phi) is 7.86. The monoisotopic (exact) mass is 578 g/mol. The summed E-state index contributed by atoms with van der Waals surface area (Å²) < 4.78 is 31.9. The topological polar surface area (TPSA) is 79.1 Å². The first-order chi connectivity index (χ1) is 19.4. The number of fused-ring (bicyclic) bond motifs is 1. The third-order valence-electron chi connectivity index (χ3n) is 6.31. The molecule has 1 aliphatic rings. The van der Waals surface area contributed by atoms with Crippen LogP contribution in [0.2, 0.25) is 5.02 Å². The predicted molar refractivity (Wildman–Crippen MR) is 152 cm³/mol. The number of hydrogen-bond acceptors (Lipinski definition) is 7. The van der Waals surface area contributed by atoms with Gasteiger partial charge >= 0.3 is 5.97 Å². The van der Waals surface area contributed by atoms with Gasteiger partial charge in [0.25, 0.3) is 5.56 Å². The van der Waals surface area contributed by atoms with E-state index in [4.69, 9.17) is 30.8 Å². The van der Waals surface area contributed by atoms with Crippen LogP contribution in [0.5, 0.6) is 11.5 Å². The fraction of sp³-hybridized carbons (Fsp3) is 0.167. The molecule has 0 radical (unpaired) electrons. The molecule has 1 aromatic heterocycles. The van der Waals surface area contributed by atoms with Gasteiger partial charge in [0.05, 0.1) is 47.7 Å². The molecule has 2 heterocycles. The van der Waals surface area contributed by atoms with Crippen molar-refractivity contribution in [2.75, 3.05) is 20.8 Å². The predicted octanol–water partition coefficient (Wildman–Crippen LogP) is 4.75. The summed E-state index contributed by atoms with van der Waals surface area (Å²) in [5, 5.41) is 0.320. The molecule has 0 aliphatic carbocycles. The van der Waals surface area contributed by atoms with Gasteiger partial charge in [-0.15, -0.1) is 0 Å². The van der Waals surface area contributed by atoms with Crippen LogP contribution in [0.15, 0.2) is 82.1 Å². The van der Waals surface area contributed by atoms with E-state index in [0.29, 0.717) is 48.2 Å². The first-order valence-corrected chi connectivity index (χ1v) is 13.5. The molecule has 0 saturated carbocycles. The Balaban J connectivity index is 1.81. The number of hydrogen-bond donors (Lipinski definition) is 0. The van der Waals surface area contributed by atoms with Gasteiger partial charge in [-0.2, -0.15) is 0 Å². The largest absolute Gasteiger partial charge is 0.493 e. The number of aromatic nitrogens is 1. The molecule has 0 bridgehead atoms. The minimum absolute atomic E-state index is 0.130. The highest BCUT2D eigenvalue weighted by Crippen LogP contribution is 2.37. The lowest BCUT2D eigenvalue weighted by Gasteiger charge is -2.25. The van der Waals surface area contributed by atoms with Gasteiger partial charge in [0.1, 0.15) is 5.82 Å². The second-order valence-electron chi connectivity index (χ2n) is 8.72. The van der Waals surface area contributed by atoms with Crippen LogP contribution >= 0.6 is 22.9 Å². The maximum Gasteiger partial charge on any atom is 0.338 e. The molecule has 204 valence electrons. The molecule has 3 aromatic carbocycles. The number of ether oxygens (including phenoxy) is 3. The van der Waals surface area contributed by atoms with Crippen molar-refractivity contribution in [3.05, 3.63) is 120 Å². The van der Waals surface area contributed by atoms with E-state index in [1.54, 1.807) is 37.3 Å². The maximum absolute atomic E-state index is 13.9. The zero-order valence-electron chi connectivity index (χ0n) is 21.8. The number of carbonyl (C=O) groups excluding carboxylic acids is 1. The summed E-state index contributed by atoms with van der Waals surface area (Å²) in [5.41, 5.74) is 2.02. The van der Waals surface area contributed by atoms with Crippen LogP contribution in [0.3, 0.4) is 0 Å². The number of rotatable bonds is 7. The van der Waals surface area contributed by atoms with Gasteiger partial charge in [-0.1, -0.05) is 65.4 Å². The minimum Gasteiger partial charge on any atom is -0.493 e. The fourth-order valence-corrected chi connectivity index (χ4v) is 5.87. The van der Waals surface area contributed by atoms with E-state index < -0.39 is 17.8 Å². The molecule has 10 heteroatoms. The summed E-state index contributed by atoms with van der Waals surface area (Å²) >= 11 is 7.56. The zero-order valence-corrected chi connectivity index (χ0v) is 23.4. The normalized spacial score (nSPS) is 14.9. The molecule has 5 rings (SSSR count). The SMILES string of the molecule is CCOC(=O)C1=C(c2ccccc2)N=c2sc(=Cc3cc(Cl)c(OC)c(OC)c3)c(=O)n2[C@H]1c1ccc(F)cc1. The van der Waals surface area contributed by atoms with Gasteiger partial charge in [0.15, 0.2) is 16.3 Å². The van der Waals surface area contributed by atoms with Gasteiger partial charge in [0, 0.05) is 5.56 Å². The van der Waals surface area contributed by atoms with Crippen molar-refractivity contribution < 1.29 is 23.4 Å². The highest BCUT2D eigenvalue weighted by molar-refractivity contribution is 7.07. The van der Waals surface area contributed by atoms with E-state index in [0.717, 1.165) is 0 Å². The highest BCUT2D eigenvalue weighted by atomic mass is 35.5. The molecule has 0 unspecified atom stereocenters. The molecule has 1 atom stereocenters. The van der Waals surface area contributed by atoms with Gasteiger partial charge < -0.3 is 14.2 Å². The van der Waals surface area contributed by atoms with Crippen LogP contribution in [0, 0.1) is 5.82 Å². The molecular formula is C30H24ClFN2O5S. The lowest BCUT2D eigenvalue weighted by molar-refractivity contribution is -0.138. The van der Waals surface area contributed by atoms with Crippen LogP contribution in [0.25, 0.3) is 11.8 Å². The maximum atomic E-state index is 13.9. The quantitative estimate of drug-likeness (QED) is 0.296. The second-order valence-corrected chi connectivity index (χ2v) is 10.1. The molecule has 0 fully saturated rings. The average Bonchev–Trinajstić information content (AvgIpc) is 3.27. The molecule has 1 aliphatic heterocycles. The van der Waals surface area contributed by atoms with E-state index in [2.05, 4.69) is 0 Å². The van der Waals surface area contributed by atoms with Crippen LogP contribution < -0.4 is 24.4 Å². The van der Waals surface area contributed by atoms with E-state index >= 15 is 0 Å². The Morgan fingerprint density at radius 2 is 1.82 bits per heavy atom. The van der Waals surface area contributed by atoms with Crippen molar-refractivity contribution >= 4 is 40.7 Å². The standard InChI is InChI=1S/C30H24ClFN2O5S/c1-4-39-29(36)24-25(18-8-6-5-7-9-18)33-30-34(26(24)19-10-12-20(32)13-11-19)28(35)23(40-30)16-17-14-21(31)27(38-3)22(15-17)37-2/h5-16,26H,4H2,1-3H3/t26-/m0/s1. The molecule has 40 heavy (non-hydrogen) atoms. The van der Waals surface area contributed by atoms with Crippen LogP contribution in [-0.4, -0.2) is 31.4 Å². The van der Waals surface area contributed by atoms with Gasteiger partial charge in [-0.3, -0.25) is 9.36 Å². The highest BCUT2D eigenvalue weighted by Gasteiger charge is 2.35. The lowest BCUT2D eigenvalue weighted by atomic mass is 9.93. The Morgan fingerprint density at radius 3 is 2.48 bits per heavy atom. The van der Waals surface area contributed by atoms with E-state index in [1.807, 2.05) is 30.3 Å². The average molecular weight is 579 g/mol. The summed E-state index contributed by atoms with van der Waals surface area (Å²) in [6.07, 6.45) is 1.68. The Labute approximate surface area is 238 Å². The number of carbonyl (C=O) groups is 1. The lowest BCUT2D eigenvalue weighted by Crippen LogP contribution is -2.40. The summed E-state index contributed by atoms with van der Waals surface area (Å²) in [4.78, 5) is 32.6. The molecule has 0 spiro atoms. The van der Waals surface area contributed by atoms with Crippen molar-refractivity contribution in [2.24, 2.45) is 4.99 Å². The van der Waals surface area contributed by atoms with Crippen molar-refractivity contribution in [3.8, 4) is 11.5 Å². The van der Waals surface area contributed by atoms with Gasteiger partial charge in [-0.25, -0.2) is 14.2 Å². The summed E-state index contributed by atoms with van der Waals surface area (Å²) in [7, 11) is 2.99. The summed E-state index contributed by atoms with van der Waals surface area (Å²) in [5.74, 6) is -0.258. The molecular weight excluding hydrogens is 555 g/mol. The van der Waals surface area contributed by atoms with Crippen molar-refractivity contribution in [1.82, 2.24) is 4.57 Å². The molecule has 0 saturated heterocycles. The Bertz CT molecular complexity index is 1800. The second kappa shape index (κ2) is 11.5. The van der Waals surface area contributed by atoms with Crippen LogP contribution in [0.1, 0.15) is 29.7 Å². The Hall–Kier alpha value is -4.21. The van der Waals surface area contributed by atoms with Gasteiger partial charge in [-0.05, 0) is 48.4 Å². The smallest absolute Gasteiger partial charge is 0.338 e. The Morgan fingerprint density at radius 1 is 1.10 bits per heavy atom. The summed E-state index contributed by atoms with van der Waals surface area (Å²) in [6.45, 7) is 1.84. The zero-order chi connectivity index (χ0) is 28.4. The molecule has 0 N–H and O–H groups in total. The van der Waals surface area contributed by atoms with Crippen molar-refractivity contribution in [1.29, 1.82) is 0 Å². The minimum atomic E-state index is -0.901. The fourth-order valence-electron chi connectivity index (χ4n) is 4.57. The number of methoxy groups -OCH3 is 2. The van der Waals surface area contributed by atoms with Gasteiger partial charge in [0.2, 0.25) is 0 Å². The molecule has 4 aromatic rings. The van der Waals surface area contributed by atoms with Crippen LogP contribution in [0.4, 0.5) is 4.39 Å². The number of thiazole rings is 1. The van der Waals surface area contributed by atoms with E-state index in [1.165, 1.54) is 42.3 Å². The van der Waals surface area contributed by atoms with Crippen molar-refractivity contribution in [3.63, 3.8) is 0 Å². The third kappa shape index (κ3) is 5.05. The molecule has 7 nitrogen and oxygen atoms in total. The summed E-state index contributed by atoms with van der Waals surface area (Å²) in [6, 6.07) is 17.4. The van der Waals surface area contributed by atoms with E-state index in [-0.39, 0.29) is 17.7 Å².